The van der Waals surface area contributed by atoms with Crippen LogP contribution in [0, 0.1) is 0 Å². The Morgan fingerprint density at radius 3 is 2.65 bits per heavy atom. The van der Waals surface area contributed by atoms with E-state index in [0.717, 1.165) is 6.54 Å². The van der Waals surface area contributed by atoms with Gasteiger partial charge in [-0.15, -0.1) is 0 Å². The number of nitrogens with two attached hydrogens (primary N) is 1. The van der Waals surface area contributed by atoms with Gasteiger partial charge in [-0.3, -0.25) is 4.99 Å². The molecule has 0 amide bonds. The molecule has 0 radical (unpaired) electrons. The Balaban J connectivity index is 1.78. The molecule has 98 valence electrons. The Kier molecular flexibility index (Phi) is 4.66. The summed E-state index contributed by atoms with van der Waals surface area (Å²) in [6.45, 7) is 2.29. The number of nitrogens with one attached hydrogen (secondary N) is 1. The van der Waals surface area contributed by atoms with Crippen LogP contribution in [0.1, 0.15) is 44.9 Å². The van der Waals surface area contributed by atoms with Gasteiger partial charge in [0.05, 0.1) is 6.04 Å². The van der Waals surface area contributed by atoms with Crippen molar-refractivity contribution in [1.29, 1.82) is 0 Å². The lowest BCUT2D eigenvalue weighted by molar-refractivity contribution is 0.240. The molecule has 1 unspecified atom stereocenters. The Bertz CT molecular complexity index is 258. The van der Waals surface area contributed by atoms with E-state index < -0.39 is 0 Å². The summed E-state index contributed by atoms with van der Waals surface area (Å²) in [4.78, 5) is 6.98. The number of piperidine rings is 1. The van der Waals surface area contributed by atoms with Gasteiger partial charge in [0.25, 0.3) is 0 Å². The van der Waals surface area contributed by atoms with Gasteiger partial charge < -0.3 is 16.0 Å². The average Bonchev–Trinajstić information content (AvgIpc) is 2.30. The van der Waals surface area contributed by atoms with Crippen molar-refractivity contribution in [2.45, 2.75) is 57.0 Å². The molecule has 0 spiro atoms. The summed E-state index contributed by atoms with van der Waals surface area (Å²) < 4.78 is 0. The van der Waals surface area contributed by atoms with Crippen molar-refractivity contribution in [3.05, 3.63) is 0 Å². The first-order chi connectivity index (χ1) is 8.24. The molecule has 1 saturated carbocycles. The van der Waals surface area contributed by atoms with Crippen molar-refractivity contribution in [1.82, 2.24) is 10.2 Å². The molecule has 2 aliphatic rings. The molecule has 0 aromatic carbocycles. The van der Waals surface area contributed by atoms with Crippen molar-refractivity contribution in [2.24, 2.45) is 10.7 Å². The fourth-order valence-electron chi connectivity index (χ4n) is 2.94. The van der Waals surface area contributed by atoms with E-state index in [2.05, 4.69) is 22.3 Å². The quantitative estimate of drug-likeness (QED) is 0.563. The van der Waals surface area contributed by atoms with Gasteiger partial charge in [0.15, 0.2) is 5.96 Å². The van der Waals surface area contributed by atoms with E-state index in [1.54, 1.807) is 0 Å². The number of rotatable bonds is 2. The molecule has 1 saturated heterocycles. The summed E-state index contributed by atoms with van der Waals surface area (Å²) in [6, 6.07) is 0.957. The molecule has 1 aliphatic carbocycles. The smallest absolute Gasteiger partial charge is 0.189 e. The van der Waals surface area contributed by atoms with E-state index in [-0.39, 0.29) is 0 Å². The first-order valence-electron chi connectivity index (χ1n) is 7.02. The van der Waals surface area contributed by atoms with Gasteiger partial charge in [0.2, 0.25) is 0 Å². The second kappa shape index (κ2) is 6.24. The molecule has 1 heterocycles. The number of hydrogen-bond donors (Lipinski definition) is 2. The lowest BCUT2D eigenvalue weighted by atomic mass is 9.96. The van der Waals surface area contributed by atoms with Crippen molar-refractivity contribution in [3.63, 3.8) is 0 Å². The van der Waals surface area contributed by atoms with Crippen LogP contribution in [0.2, 0.25) is 0 Å². The minimum Gasteiger partial charge on any atom is -0.370 e. The Morgan fingerprint density at radius 1 is 1.18 bits per heavy atom. The van der Waals surface area contributed by atoms with Crippen molar-refractivity contribution in [3.8, 4) is 0 Å². The van der Waals surface area contributed by atoms with E-state index in [1.807, 2.05) is 0 Å². The highest BCUT2D eigenvalue weighted by atomic mass is 15.2. The number of guanidine groups is 1. The van der Waals surface area contributed by atoms with Crippen molar-refractivity contribution >= 4 is 5.96 Å². The van der Waals surface area contributed by atoms with E-state index in [1.165, 1.54) is 51.5 Å². The van der Waals surface area contributed by atoms with Gasteiger partial charge in [0, 0.05) is 12.6 Å². The maximum atomic E-state index is 6.00. The van der Waals surface area contributed by atoms with Gasteiger partial charge in [-0.2, -0.15) is 0 Å². The topological polar surface area (TPSA) is 53.6 Å². The minimum atomic E-state index is 0.470. The van der Waals surface area contributed by atoms with Crippen LogP contribution in [0.3, 0.4) is 0 Å². The normalized spacial score (nSPS) is 29.2. The third-order valence-corrected chi connectivity index (χ3v) is 3.87. The molecule has 4 heteroatoms. The summed E-state index contributed by atoms with van der Waals surface area (Å²) in [7, 11) is 2.17. The van der Waals surface area contributed by atoms with Gasteiger partial charge in [-0.25, -0.2) is 0 Å². The molecule has 0 aromatic heterocycles. The molecule has 1 aliphatic heterocycles. The van der Waals surface area contributed by atoms with Crippen LogP contribution in [0.15, 0.2) is 4.99 Å². The largest absolute Gasteiger partial charge is 0.370 e. The molecule has 17 heavy (non-hydrogen) atoms. The molecule has 2 rings (SSSR count). The summed E-state index contributed by atoms with van der Waals surface area (Å²) >= 11 is 0. The van der Waals surface area contributed by atoms with Gasteiger partial charge in [-0.1, -0.05) is 19.3 Å². The molecule has 1 atom stereocenters. The van der Waals surface area contributed by atoms with Crippen LogP contribution in [-0.4, -0.2) is 43.1 Å². The molecule has 0 aromatic rings. The molecule has 3 N–H and O–H groups in total. The SMILES string of the molecule is CN1CCCC(NC(N)=NC2CCCCC2)C1. The summed E-state index contributed by atoms with van der Waals surface area (Å²) in [5.74, 6) is 0.664. The fourth-order valence-corrected chi connectivity index (χ4v) is 2.94. The predicted molar refractivity (Wildman–Crippen MR) is 72.2 cm³/mol. The molecule has 4 nitrogen and oxygen atoms in total. The zero-order valence-electron chi connectivity index (χ0n) is 11.0. The summed E-state index contributed by atoms with van der Waals surface area (Å²) in [5.41, 5.74) is 6.00. The van der Waals surface area contributed by atoms with E-state index >= 15 is 0 Å². The maximum Gasteiger partial charge on any atom is 0.189 e. The number of likely N-dealkylation sites (N-methyl/N-ethyl adjacent to an activating group) is 1. The highest BCUT2D eigenvalue weighted by Gasteiger charge is 2.18. The Morgan fingerprint density at radius 2 is 1.94 bits per heavy atom. The average molecular weight is 238 g/mol. The molecule has 2 fully saturated rings. The van der Waals surface area contributed by atoms with Crippen LogP contribution in [0.4, 0.5) is 0 Å². The highest BCUT2D eigenvalue weighted by molar-refractivity contribution is 5.78. The standard InChI is InChI=1S/C13H26N4/c1-17-9-5-8-12(10-17)16-13(14)15-11-6-3-2-4-7-11/h11-12H,2-10H2,1H3,(H3,14,15,16). The van der Waals surface area contributed by atoms with Crippen LogP contribution >= 0.6 is 0 Å². The van der Waals surface area contributed by atoms with E-state index in [9.17, 15) is 0 Å². The van der Waals surface area contributed by atoms with E-state index in [4.69, 9.17) is 5.73 Å². The first-order valence-corrected chi connectivity index (χ1v) is 7.02. The molecular weight excluding hydrogens is 212 g/mol. The van der Waals surface area contributed by atoms with Crippen molar-refractivity contribution in [2.75, 3.05) is 20.1 Å². The van der Waals surface area contributed by atoms with E-state index in [0.29, 0.717) is 18.0 Å². The van der Waals surface area contributed by atoms with Gasteiger partial charge in [-0.05, 0) is 39.3 Å². The van der Waals surface area contributed by atoms with Crippen LogP contribution < -0.4 is 11.1 Å². The van der Waals surface area contributed by atoms with Gasteiger partial charge >= 0.3 is 0 Å². The Labute approximate surface area is 105 Å². The second-order valence-electron chi connectivity index (χ2n) is 5.55. The maximum absolute atomic E-state index is 6.00. The summed E-state index contributed by atoms with van der Waals surface area (Å²) in [6.07, 6.45) is 8.89. The minimum absolute atomic E-state index is 0.470. The highest BCUT2D eigenvalue weighted by Crippen LogP contribution is 2.20. The van der Waals surface area contributed by atoms with Crippen LogP contribution in [0.5, 0.6) is 0 Å². The zero-order chi connectivity index (χ0) is 12.1. The number of nitrogens with zero attached hydrogens (tertiary/aromatic N) is 2. The number of hydrogen-bond acceptors (Lipinski definition) is 2. The Hall–Kier alpha value is -0.770. The molecular formula is C13H26N4. The summed E-state index contributed by atoms with van der Waals surface area (Å²) in [5, 5.41) is 3.38. The second-order valence-corrected chi connectivity index (χ2v) is 5.55. The molecule has 0 bridgehead atoms. The first kappa shape index (κ1) is 12.7. The lowest BCUT2D eigenvalue weighted by Gasteiger charge is -2.30. The van der Waals surface area contributed by atoms with Crippen molar-refractivity contribution < 1.29 is 0 Å². The third-order valence-electron chi connectivity index (χ3n) is 3.87. The predicted octanol–water partition coefficient (Wildman–Crippen LogP) is 1.32. The number of likely N-dealkylation sites (tertiary alicyclic amines) is 1. The van der Waals surface area contributed by atoms with Gasteiger partial charge in [0.1, 0.15) is 0 Å². The monoisotopic (exact) mass is 238 g/mol. The third kappa shape index (κ3) is 4.19. The number of aliphatic imine (C=N–C) groups is 1. The zero-order valence-corrected chi connectivity index (χ0v) is 11.0. The van der Waals surface area contributed by atoms with Crippen LogP contribution in [0.25, 0.3) is 0 Å². The fraction of sp³-hybridized carbons (Fsp3) is 0.923. The van der Waals surface area contributed by atoms with Crippen LogP contribution in [-0.2, 0) is 0 Å². The lowest BCUT2D eigenvalue weighted by Crippen LogP contribution is -2.49.